The van der Waals surface area contributed by atoms with Crippen molar-refractivity contribution < 1.29 is 4.74 Å². The van der Waals surface area contributed by atoms with Gasteiger partial charge in [0.05, 0.1) is 11.7 Å². The summed E-state index contributed by atoms with van der Waals surface area (Å²) in [6.45, 7) is 3.93. The molecular weight excluding hydrogens is 200 g/mol. The van der Waals surface area contributed by atoms with Crippen LogP contribution in [0.15, 0.2) is 24.4 Å². The van der Waals surface area contributed by atoms with Crippen molar-refractivity contribution in [3.8, 4) is 0 Å². The standard InChI is InChI=1S/C13H16N2O/c1-10-3-2-4-12-8-14-13(15(10)12)7-11-5-6-16-9-11/h2-4,8,11H,5-7,9H2,1H3. The first-order valence-corrected chi connectivity index (χ1v) is 5.84. The van der Waals surface area contributed by atoms with Crippen molar-refractivity contribution in [2.45, 2.75) is 19.8 Å². The molecule has 2 aromatic rings. The molecule has 0 radical (unpaired) electrons. The van der Waals surface area contributed by atoms with Crippen LogP contribution < -0.4 is 0 Å². The first kappa shape index (κ1) is 9.85. The van der Waals surface area contributed by atoms with Crippen molar-refractivity contribution in [3.63, 3.8) is 0 Å². The maximum absolute atomic E-state index is 5.41. The lowest BCUT2D eigenvalue weighted by Gasteiger charge is -2.08. The van der Waals surface area contributed by atoms with E-state index in [9.17, 15) is 0 Å². The number of aryl methyl sites for hydroxylation is 1. The number of hydrogen-bond acceptors (Lipinski definition) is 2. The second-order valence-corrected chi connectivity index (χ2v) is 4.54. The number of fused-ring (bicyclic) bond motifs is 1. The van der Waals surface area contributed by atoms with Gasteiger partial charge in [-0.2, -0.15) is 0 Å². The Balaban J connectivity index is 1.97. The van der Waals surface area contributed by atoms with E-state index in [4.69, 9.17) is 4.74 Å². The average molecular weight is 216 g/mol. The molecule has 0 saturated carbocycles. The topological polar surface area (TPSA) is 26.5 Å². The Bertz CT molecular complexity index is 498. The summed E-state index contributed by atoms with van der Waals surface area (Å²) < 4.78 is 7.66. The van der Waals surface area contributed by atoms with E-state index in [0.717, 1.165) is 19.6 Å². The highest BCUT2D eigenvalue weighted by molar-refractivity contribution is 5.47. The third-order valence-electron chi connectivity index (χ3n) is 3.31. The molecule has 1 fully saturated rings. The van der Waals surface area contributed by atoms with Crippen LogP contribution in [0.2, 0.25) is 0 Å². The molecule has 0 bridgehead atoms. The largest absolute Gasteiger partial charge is 0.381 e. The predicted molar refractivity (Wildman–Crippen MR) is 62.6 cm³/mol. The van der Waals surface area contributed by atoms with E-state index in [1.165, 1.54) is 23.5 Å². The van der Waals surface area contributed by atoms with Gasteiger partial charge in [-0.25, -0.2) is 4.98 Å². The number of rotatable bonds is 2. The van der Waals surface area contributed by atoms with Gasteiger partial charge in [0.2, 0.25) is 0 Å². The number of imidazole rings is 1. The highest BCUT2D eigenvalue weighted by Crippen LogP contribution is 2.19. The Morgan fingerprint density at radius 2 is 2.44 bits per heavy atom. The maximum Gasteiger partial charge on any atom is 0.113 e. The van der Waals surface area contributed by atoms with Gasteiger partial charge in [0, 0.05) is 25.3 Å². The molecule has 1 unspecified atom stereocenters. The van der Waals surface area contributed by atoms with Gasteiger partial charge in [0.1, 0.15) is 5.82 Å². The molecule has 16 heavy (non-hydrogen) atoms. The Hall–Kier alpha value is -1.35. The van der Waals surface area contributed by atoms with Gasteiger partial charge in [-0.15, -0.1) is 0 Å². The molecule has 0 N–H and O–H groups in total. The fourth-order valence-electron chi connectivity index (χ4n) is 2.44. The summed E-state index contributed by atoms with van der Waals surface area (Å²) >= 11 is 0. The Morgan fingerprint density at radius 1 is 1.50 bits per heavy atom. The molecule has 0 aliphatic carbocycles. The fourth-order valence-corrected chi connectivity index (χ4v) is 2.44. The Labute approximate surface area is 95.1 Å². The van der Waals surface area contributed by atoms with Crippen molar-refractivity contribution in [3.05, 3.63) is 35.9 Å². The second kappa shape index (κ2) is 3.91. The van der Waals surface area contributed by atoms with Crippen LogP contribution in [0.3, 0.4) is 0 Å². The Kier molecular flexibility index (Phi) is 2.40. The minimum absolute atomic E-state index is 0.644. The van der Waals surface area contributed by atoms with Crippen LogP contribution in [0.1, 0.15) is 17.9 Å². The predicted octanol–water partition coefficient (Wildman–Crippen LogP) is 2.22. The van der Waals surface area contributed by atoms with E-state index in [1.54, 1.807) is 0 Å². The van der Waals surface area contributed by atoms with Gasteiger partial charge in [0.25, 0.3) is 0 Å². The fraction of sp³-hybridized carbons (Fsp3) is 0.462. The van der Waals surface area contributed by atoms with Gasteiger partial charge >= 0.3 is 0 Å². The molecular formula is C13H16N2O. The number of ether oxygens (including phenoxy) is 1. The lowest BCUT2D eigenvalue weighted by Crippen LogP contribution is -2.08. The summed E-state index contributed by atoms with van der Waals surface area (Å²) in [5.74, 6) is 1.81. The van der Waals surface area contributed by atoms with Gasteiger partial charge in [-0.1, -0.05) is 6.07 Å². The molecule has 84 valence electrons. The number of nitrogens with zero attached hydrogens (tertiary/aromatic N) is 2. The highest BCUT2D eigenvalue weighted by Gasteiger charge is 2.18. The monoisotopic (exact) mass is 216 g/mol. The SMILES string of the molecule is Cc1cccc2cnc(CC3CCOC3)n12. The van der Waals surface area contributed by atoms with E-state index in [0.29, 0.717) is 5.92 Å². The summed E-state index contributed by atoms with van der Waals surface area (Å²) in [5.41, 5.74) is 2.44. The summed E-state index contributed by atoms with van der Waals surface area (Å²) in [6.07, 6.45) is 4.15. The molecule has 1 atom stereocenters. The molecule has 3 heterocycles. The third-order valence-corrected chi connectivity index (χ3v) is 3.31. The zero-order valence-corrected chi connectivity index (χ0v) is 9.52. The summed E-state index contributed by atoms with van der Waals surface area (Å²) in [6, 6.07) is 6.31. The number of pyridine rings is 1. The molecule has 3 heteroatoms. The molecule has 0 spiro atoms. The molecule has 1 aliphatic heterocycles. The molecule has 0 aromatic carbocycles. The molecule has 1 saturated heterocycles. The summed E-state index contributed by atoms with van der Waals surface area (Å²) in [5, 5.41) is 0. The van der Waals surface area contributed by atoms with Crippen LogP contribution in [0.25, 0.3) is 5.52 Å². The lowest BCUT2D eigenvalue weighted by atomic mass is 10.1. The Morgan fingerprint density at radius 3 is 3.25 bits per heavy atom. The van der Waals surface area contributed by atoms with E-state index in [-0.39, 0.29) is 0 Å². The van der Waals surface area contributed by atoms with Crippen molar-refractivity contribution in [2.75, 3.05) is 13.2 Å². The van der Waals surface area contributed by atoms with E-state index in [1.807, 2.05) is 6.20 Å². The maximum atomic E-state index is 5.41. The zero-order valence-electron chi connectivity index (χ0n) is 9.52. The molecule has 3 nitrogen and oxygen atoms in total. The van der Waals surface area contributed by atoms with Crippen LogP contribution in [-0.4, -0.2) is 22.6 Å². The minimum atomic E-state index is 0.644. The van der Waals surface area contributed by atoms with E-state index < -0.39 is 0 Å². The zero-order chi connectivity index (χ0) is 11.0. The molecule has 2 aromatic heterocycles. The normalized spacial score (nSPS) is 20.7. The van der Waals surface area contributed by atoms with Gasteiger partial charge < -0.3 is 9.14 Å². The van der Waals surface area contributed by atoms with Gasteiger partial charge in [-0.3, -0.25) is 0 Å². The van der Waals surface area contributed by atoms with Crippen LogP contribution >= 0.6 is 0 Å². The van der Waals surface area contributed by atoms with Crippen LogP contribution in [0, 0.1) is 12.8 Å². The summed E-state index contributed by atoms with van der Waals surface area (Å²) in [4.78, 5) is 4.53. The molecule has 0 amide bonds. The molecule has 1 aliphatic rings. The first-order valence-electron chi connectivity index (χ1n) is 5.84. The quantitative estimate of drug-likeness (QED) is 0.769. The van der Waals surface area contributed by atoms with E-state index in [2.05, 4.69) is 34.5 Å². The van der Waals surface area contributed by atoms with Crippen molar-refractivity contribution >= 4 is 5.52 Å². The van der Waals surface area contributed by atoms with Crippen LogP contribution in [0.4, 0.5) is 0 Å². The average Bonchev–Trinajstić information content (AvgIpc) is 2.90. The van der Waals surface area contributed by atoms with E-state index >= 15 is 0 Å². The smallest absolute Gasteiger partial charge is 0.113 e. The lowest BCUT2D eigenvalue weighted by molar-refractivity contribution is 0.185. The second-order valence-electron chi connectivity index (χ2n) is 4.54. The van der Waals surface area contributed by atoms with Crippen molar-refractivity contribution in [1.82, 2.24) is 9.38 Å². The first-order chi connectivity index (χ1) is 7.84. The summed E-state index contributed by atoms with van der Waals surface area (Å²) in [7, 11) is 0. The van der Waals surface area contributed by atoms with Gasteiger partial charge in [-0.05, 0) is 31.4 Å². The highest BCUT2D eigenvalue weighted by atomic mass is 16.5. The molecule has 3 rings (SSSR count). The number of hydrogen-bond donors (Lipinski definition) is 0. The van der Waals surface area contributed by atoms with Crippen LogP contribution in [0.5, 0.6) is 0 Å². The third kappa shape index (κ3) is 1.61. The number of aromatic nitrogens is 2. The van der Waals surface area contributed by atoms with Crippen molar-refractivity contribution in [1.29, 1.82) is 0 Å². The van der Waals surface area contributed by atoms with Crippen LogP contribution in [-0.2, 0) is 11.2 Å². The van der Waals surface area contributed by atoms with Crippen molar-refractivity contribution in [2.24, 2.45) is 5.92 Å². The minimum Gasteiger partial charge on any atom is -0.381 e. The van der Waals surface area contributed by atoms with Gasteiger partial charge in [0.15, 0.2) is 0 Å².